The van der Waals surface area contributed by atoms with Crippen LogP contribution in [0.2, 0.25) is 0 Å². The van der Waals surface area contributed by atoms with Crippen LogP contribution in [0.25, 0.3) is 21.6 Å². The first-order valence-electron chi connectivity index (χ1n) is 15.9. The molecule has 0 spiro atoms. The number of benzene rings is 1. The number of pyridine rings is 1. The molecule has 1 aliphatic rings. The van der Waals surface area contributed by atoms with E-state index < -0.39 is 34.3 Å². The van der Waals surface area contributed by atoms with Crippen molar-refractivity contribution in [1.82, 2.24) is 19.9 Å². The smallest absolute Gasteiger partial charge is 0.475 e. The molecule has 1 aliphatic heterocycles. The number of aliphatic carboxylic acids is 2. The van der Waals surface area contributed by atoms with Crippen LogP contribution in [0.5, 0.6) is 0 Å². The number of ether oxygens (including phenoxy) is 1. The van der Waals surface area contributed by atoms with Gasteiger partial charge < -0.3 is 19.9 Å². The molecule has 4 aromatic heterocycles. The summed E-state index contributed by atoms with van der Waals surface area (Å²) >= 11 is 2.88. The van der Waals surface area contributed by atoms with E-state index in [2.05, 4.69) is 27.0 Å². The number of H-pyrrole nitrogens is 1. The largest absolute Gasteiger partial charge is 0.490 e. The van der Waals surface area contributed by atoms with E-state index in [-0.39, 0.29) is 6.54 Å². The maximum Gasteiger partial charge on any atom is 0.490 e. The minimum absolute atomic E-state index is 0.218. The van der Waals surface area contributed by atoms with Crippen molar-refractivity contribution in [2.45, 2.75) is 48.9 Å². The number of hydrogen-bond acceptors (Lipinski definition) is 10. The molecule has 6 rings (SSSR count). The number of fused-ring (bicyclic) bond motifs is 1. The number of aromatic amines is 1. The van der Waals surface area contributed by atoms with Crippen LogP contribution in [0.4, 0.5) is 32.0 Å². The highest BCUT2D eigenvalue weighted by molar-refractivity contribution is 7.94. The highest BCUT2D eigenvalue weighted by Crippen LogP contribution is 2.37. The van der Waals surface area contributed by atoms with Gasteiger partial charge in [-0.05, 0) is 62.0 Å². The van der Waals surface area contributed by atoms with Crippen molar-refractivity contribution in [3.05, 3.63) is 82.9 Å². The minimum atomic E-state index is -5.08. The van der Waals surface area contributed by atoms with Crippen molar-refractivity contribution >= 4 is 61.2 Å². The predicted molar refractivity (Wildman–Crippen MR) is 189 cm³/mol. The lowest BCUT2D eigenvalue weighted by Gasteiger charge is -2.24. The molecule has 0 amide bonds. The molecule has 54 heavy (non-hydrogen) atoms. The fourth-order valence-corrected chi connectivity index (χ4v) is 8.75. The number of halogens is 6. The summed E-state index contributed by atoms with van der Waals surface area (Å²) < 4.78 is 98.1. The number of alkyl halides is 6. The maximum atomic E-state index is 13.7. The molecule has 1 unspecified atom stereocenters. The molecule has 1 saturated heterocycles. The van der Waals surface area contributed by atoms with E-state index in [9.17, 15) is 34.8 Å². The summed E-state index contributed by atoms with van der Waals surface area (Å²) in [6, 6.07) is 17.6. The van der Waals surface area contributed by atoms with E-state index in [1.165, 1.54) is 20.5 Å². The Kier molecular flexibility index (Phi) is 14.2. The van der Waals surface area contributed by atoms with Crippen molar-refractivity contribution < 1.29 is 59.3 Å². The molecule has 5 heterocycles. The van der Waals surface area contributed by atoms with Crippen molar-refractivity contribution in [2.75, 3.05) is 30.6 Å². The average molecular weight is 822 g/mol. The quantitative estimate of drug-likeness (QED) is 0.0893. The third-order valence-electron chi connectivity index (χ3n) is 7.61. The third-order valence-corrected chi connectivity index (χ3v) is 11.8. The van der Waals surface area contributed by atoms with E-state index >= 15 is 0 Å². The van der Waals surface area contributed by atoms with Gasteiger partial charge in [-0.2, -0.15) is 26.3 Å². The lowest BCUT2D eigenvalue weighted by Crippen LogP contribution is -2.34. The number of rotatable bonds is 11. The molecule has 0 bridgehead atoms. The monoisotopic (exact) mass is 821 g/mol. The number of likely N-dealkylation sites (tertiary alicyclic amines) is 1. The average Bonchev–Trinajstić information content (AvgIpc) is 3.94. The standard InChI is InChI=1S/C29H31N5O3S3.2C2HF3O2/c1-2-37-16-15-34(40(35,36)27-12-7-17-38-27)26-10-5-8-21-18-24(32-28(21)26)29-31-19-22(39-29)20-33-14-6-11-25(33)23-9-3-4-13-30-23;2*3-2(4,5)1(6)7/h3-5,7-10,12-13,17-19,25,32H,2,6,11,14-16,20H2,1H3;2*(H,6,7). The first kappa shape index (κ1) is 42.2. The number of para-hydroxylation sites is 1. The van der Waals surface area contributed by atoms with Crippen LogP contribution in [-0.2, 0) is 30.9 Å². The SMILES string of the molecule is CCOCCN(c1cccc2cc(-c3ncc(CN4CCCC4c4ccccn4)s3)[nH]c12)S(=O)(=O)c1cccs1.O=C(O)C(F)(F)F.O=C(O)C(F)(F)F. The number of thiazole rings is 1. The normalized spacial score (nSPS) is 14.9. The Labute approximate surface area is 312 Å². The Morgan fingerprint density at radius 2 is 1.72 bits per heavy atom. The molecule has 0 aliphatic carbocycles. The van der Waals surface area contributed by atoms with Gasteiger partial charge in [-0.25, -0.2) is 23.0 Å². The number of carbonyl (C=O) groups is 2. The van der Waals surface area contributed by atoms with Crippen molar-refractivity contribution in [2.24, 2.45) is 0 Å². The topological polar surface area (TPSA) is 166 Å². The van der Waals surface area contributed by atoms with Crippen molar-refractivity contribution in [1.29, 1.82) is 0 Å². The van der Waals surface area contributed by atoms with E-state index in [4.69, 9.17) is 29.5 Å². The number of nitrogens with one attached hydrogen (secondary N) is 1. The number of carboxylic acids is 2. The van der Waals surface area contributed by atoms with Gasteiger partial charge in [0.15, 0.2) is 0 Å². The van der Waals surface area contributed by atoms with Gasteiger partial charge in [0.1, 0.15) is 9.22 Å². The number of anilines is 1. The first-order chi connectivity index (χ1) is 25.4. The molecule has 0 radical (unpaired) electrons. The Bertz CT molecular complexity index is 2070. The Morgan fingerprint density at radius 1 is 1.02 bits per heavy atom. The molecule has 1 fully saturated rings. The van der Waals surface area contributed by atoms with E-state index in [0.717, 1.165) is 53.2 Å². The molecule has 1 atom stereocenters. The molecule has 1 aromatic carbocycles. The van der Waals surface area contributed by atoms with E-state index in [1.54, 1.807) is 28.8 Å². The van der Waals surface area contributed by atoms with Gasteiger partial charge in [-0.1, -0.05) is 24.3 Å². The summed E-state index contributed by atoms with van der Waals surface area (Å²) in [5, 5.41) is 17.8. The molecule has 292 valence electrons. The minimum Gasteiger partial charge on any atom is -0.475 e. The van der Waals surface area contributed by atoms with E-state index in [0.29, 0.717) is 29.2 Å². The van der Waals surface area contributed by atoms with E-state index in [1.807, 2.05) is 49.6 Å². The van der Waals surface area contributed by atoms with Gasteiger partial charge in [-0.3, -0.25) is 14.2 Å². The number of aromatic nitrogens is 3. The van der Waals surface area contributed by atoms with Gasteiger partial charge in [0, 0.05) is 35.8 Å². The highest BCUT2D eigenvalue weighted by atomic mass is 32.2. The molecule has 5 aromatic rings. The first-order valence-corrected chi connectivity index (χ1v) is 19.0. The third kappa shape index (κ3) is 11.0. The number of hydrogen-bond donors (Lipinski definition) is 3. The fraction of sp³-hybridized carbons (Fsp3) is 0.333. The Balaban J connectivity index is 0.000000396. The van der Waals surface area contributed by atoms with Gasteiger partial charge >= 0.3 is 24.3 Å². The molecule has 0 saturated carbocycles. The van der Waals surface area contributed by atoms with Crippen LogP contribution >= 0.6 is 22.7 Å². The summed E-state index contributed by atoms with van der Waals surface area (Å²) in [6.45, 7) is 4.82. The fourth-order valence-electron chi connectivity index (χ4n) is 5.27. The van der Waals surface area contributed by atoms with Crippen LogP contribution in [0.3, 0.4) is 0 Å². The van der Waals surface area contributed by atoms with Crippen molar-refractivity contribution in [3.63, 3.8) is 0 Å². The Morgan fingerprint density at radius 3 is 2.31 bits per heavy atom. The van der Waals surface area contributed by atoms with Gasteiger partial charge in [-0.15, -0.1) is 22.7 Å². The number of sulfonamides is 1. The Hall–Kier alpha value is -4.57. The van der Waals surface area contributed by atoms with Crippen LogP contribution < -0.4 is 4.31 Å². The summed E-state index contributed by atoms with van der Waals surface area (Å²) in [7, 11) is -3.75. The molecule has 3 N–H and O–H groups in total. The van der Waals surface area contributed by atoms with Crippen LogP contribution in [0, 0.1) is 0 Å². The number of thiophene rings is 1. The second kappa shape index (κ2) is 18.2. The second-order valence-corrected chi connectivity index (χ2v) is 15.4. The zero-order valence-electron chi connectivity index (χ0n) is 28.2. The van der Waals surface area contributed by atoms with Gasteiger partial charge in [0.05, 0.1) is 41.8 Å². The number of nitrogens with zero attached hydrogens (tertiary/aromatic N) is 4. The van der Waals surface area contributed by atoms with Crippen LogP contribution in [0.15, 0.2) is 76.6 Å². The zero-order chi connectivity index (χ0) is 39.7. The predicted octanol–water partition coefficient (Wildman–Crippen LogP) is 7.58. The van der Waals surface area contributed by atoms with Gasteiger partial charge in [0.25, 0.3) is 10.0 Å². The molecular weight excluding hydrogens is 789 g/mol. The van der Waals surface area contributed by atoms with Crippen LogP contribution in [0.1, 0.15) is 36.4 Å². The molecule has 21 heteroatoms. The van der Waals surface area contributed by atoms with Gasteiger partial charge in [0.2, 0.25) is 0 Å². The number of carboxylic acid groups (broad SMARTS) is 2. The lowest BCUT2D eigenvalue weighted by molar-refractivity contribution is -0.193. The summed E-state index contributed by atoms with van der Waals surface area (Å²) in [5.41, 5.74) is 3.36. The summed E-state index contributed by atoms with van der Waals surface area (Å²) in [4.78, 5) is 34.3. The molecule has 12 nitrogen and oxygen atoms in total. The summed E-state index contributed by atoms with van der Waals surface area (Å²) in [6.07, 6.45) is -4.08. The highest BCUT2D eigenvalue weighted by Gasteiger charge is 2.39. The van der Waals surface area contributed by atoms with Crippen LogP contribution in [-0.4, -0.2) is 89.1 Å². The maximum absolute atomic E-state index is 13.7. The lowest BCUT2D eigenvalue weighted by atomic mass is 10.1. The second-order valence-electron chi connectivity index (χ2n) is 11.3. The van der Waals surface area contributed by atoms with Crippen molar-refractivity contribution in [3.8, 4) is 10.7 Å². The molecular formula is C33H33F6N5O7S3. The zero-order valence-corrected chi connectivity index (χ0v) is 30.6. The summed E-state index contributed by atoms with van der Waals surface area (Å²) in [5.74, 6) is -5.51.